The molecule has 3 aromatic carbocycles. The Morgan fingerprint density at radius 1 is 0.895 bits per heavy atom. The highest BCUT2D eigenvalue weighted by molar-refractivity contribution is 7.89. The van der Waals surface area contributed by atoms with E-state index in [9.17, 15) is 18.0 Å². The number of hydrogen-bond acceptors (Lipinski definition) is 4. The minimum absolute atomic E-state index is 0.0538. The number of amides is 2. The molecule has 0 fully saturated rings. The van der Waals surface area contributed by atoms with Crippen LogP contribution in [0.3, 0.4) is 0 Å². The van der Waals surface area contributed by atoms with Gasteiger partial charge in [0.2, 0.25) is 21.8 Å². The summed E-state index contributed by atoms with van der Waals surface area (Å²) in [4.78, 5) is 28.3. The van der Waals surface area contributed by atoms with Crippen LogP contribution in [0.5, 0.6) is 0 Å². The third kappa shape index (κ3) is 7.80. The maximum atomic E-state index is 13.6. The Kier molecular flexibility index (Phi) is 10.7. The number of carbonyl (C=O) groups excluding carboxylic acids is 2. The van der Waals surface area contributed by atoms with E-state index in [2.05, 4.69) is 5.32 Å². The normalized spacial score (nSPS) is 12.2. The van der Waals surface area contributed by atoms with Gasteiger partial charge in [0, 0.05) is 40.0 Å². The number of likely N-dealkylation sites (N-methyl/N-ethyl adjacent to an activating group) is 1. The monoisotopic (exact) mass is 575 g/mol. The molecule has 0 heterocycles. The first-order chi connectivity index (χ1) is 18.1. The maximum Gasteiger partial charge on any atom is 0.242 e. The molecule has 2 amide bonds. The molecule has 0 spiro atoms. The van der Waals surface area contributed by atoms with Crippen molar-refractivity contribution in [2.45, 2.75) is 36.7 Å². The summed E-state index contributed by atoms with van der Waals surface area (Å²) in [6.07, 6.45) is 0.652. The highest BCUT2D eigenvalue weighted by Crippen LogP contribution is 2.25. The molecule has 0 unspecified atom stereocenters. The molecule has 0 aromatic heterocycles. The van der Waals surface area contributed by atoms with Crippen molar-refractivity contribution < 1.29 is 18.0 Å². The minimum atomic E-state index is -3.67. The van der Waals surface area contributed by atoms with Crippen LogP contribution in [0.15, 0.2) is 83.8 Å². The number of hydrogen-bond donors (Lipinski definition) is 1. The zero-order valence-corrected chi connectivity index (χ0v) is 23.6. The molecular weight excluding hydrogens is 545 g/mol. The van der Waals surface area contributed by atoms with Crippen LogP contribution in [0.4, 0.5) is 0 Å². The summed E-state index contributed by atoms with van der Waals surface area (Å²) in [5.74, 6) is -0.572. The van der Waals surface area contributed by atoms with Crippen LogP contribution in [0.1, 0.15) is 24.0 Å². The van der Waals surface area contributed by atoms with Gasteiger partial charge >= 0.3 is 0 Å². The molecule has 0 aliphatic heterocycles. The Morgan fingerprint density at radius 3 is 2.13 bits per heavy atom. The molecule has 0 saturated carbocycles. The molecule has 0 saturated heterocycles. The van der Waals surface area contributed by atoms with Crippen molar-refractivity contribution >= 4 is 45.0 Å². The highest BCUT2D eigenvalue weighted by Gasteiger charge is 2.30. The van der Waals surface area contributed by atoms with E-state index < -0.39 is 16.1 Å². The Balaban J connectivity index is 1.80. The number of halogens is 2. The van der Waals surface area contributed by atoms with Crippen LogP contribution in [0, 0.1) is 0 Å². The fourth-order valence-electron chi connectivity index (χ4n) is 4.04. The zero-order chi connectivity index (χ0) is 27.7. The highest BCUT2D eigenvalue weighted by atomic mass is 35.5. The van der Waals surface area contributed by atoms with Crippen molar-refractivity contribution in [3.8, 4) is 0 Å². The summed E-state index contributed by atoms with van der Waals surface area (Å²) in [7, 11) is -0.649. The topological polar surface area (TPSA) is 86.8 Å². The summed E-state index contributed by atoms with van der Waals surface area (Å²) in [5, 5.41) is 3.41. The molecule has 0 aliphatic rings. The van der Waals surface area contributed by atoms with Gasteiger partial charge in [-0.2, -0.15) is 0 Å². The number of carbonyl (C=O) groups is 2. The fourth-order valence-corrected chi connectivity index (χ4v) is 5.60. The summed E-state index contributed by atoms with van der Waals surface area (Å²) in [6.45, 7) is 0.283. The molecular formula is C28H31Cl2N3O4S. The fraction of sp³-hybridized carbons (Fsp3) is 0.286. The predicted molar refractivity (Wildman–Crippen MR) is 151 cm³/mol. The Hall–Kier alpha value is -2.91. The van der Waals surface area contributed by atoms with Gasteiger partial charge < -0.3 is 10.2 Å². The quantitative estimate of drug-likeness (QED) is 0.336. The number of rotatable bonds is 12. The number of nitrogens with zero attached hydrogens (tertiary/aromatic N) is 2. The lowest BCUT2D eigenvalue weighted by molar-refractivity contribution is -0.141. The summed E-state index contributed by atoms with van der Waals surface area (Å²) >= 11 is 12.3. The van der Waals surface area contributed by atoms with Gasteiger partial charge in [-0.05, 0) is 41.8 Å². The van der Waals surface area contributed by atoms with E-state index in [0.717, 1.165) is 11.1 Å². The number of benzene rings is 3. The first kappa shape index (κ1) is 29.6. The summed E-state index contributed by atoms with van der Waals surface area (Å²) in [6, 6.07) is 21.9. The van der Waals surface area contributed by atoms with Crippen molar-refractivity contribution in [3.63, 3.8) is 0 Å². The van der Waals surface area contributed by atoms with Crippen molar-refractivity contribution in [2.24, 2.45) is 0 Å². The third-order valence-electron chi connectivity index (χ3n) is 6.17. The van der Waals surface area contributed by atoms with Crippen molar-refractivity contribution in [2.75, 3.05) is 20.6 Å². The van der Waals surface area contributed by atoms with Gasteiger partial charge in [0.1, 0.15) is 6.04 Å². The lowest BCUT2D eigenvalue weighted by atomic mass is 10.0. The second-order valence-corrected chi connectivity index (χ2v) is 11.7. The number of sulfonamides is 1. The van der Waals surface area contributed by atoms with Crippen molar-refractivity contribution in [3.05, 3.63) is 100 Å². The second-order valence-electron chi connectivity index (χ2n) is 8.83. The standard InChI is InChI=1S/C28H31Cl2N3O4S/c1-31-28(35)26(19-21-10-5-3-6-11-21)33(20-22-15-16-24(29)25(30)18-22)27(34)14-9-17-32(2)38(36,37)23-12-7-4-8-13-23/h3-8,10-13,15-16,18,26H,9,14,17,19-20H2,1-2H3,(H,31,35)/t26-/m1/s1. The van der Waals surface area contributed by atoms with E-state index in [4.69, 9.17) is 23.2 Å². The molecule has 1 atom stereocenters. The molecule has 202 valence electrons. The molecule has 3 rings (SSSR count). The van der Waals surface area contributed by atoms with Crippen molar-refractivity contribution in [1.29, 1.82) is 0 Å². The van der Waals surface area contributed by atoms with Gasteiger partial charge in [0.05, 0.1) is 14.9 Å². The lowest BCUT2D eigenvalue weighted by Crippen LogP contribution is -2.49. The van der Waals surface area contributed by atoms with E-state index >= 15 is 0 Å². The van der Waals surface area contributed by atoms with Gasteiger partial charge in [0.15, 0.2) is 0 Å². The second kappa shape index (κ2) is 13.8. The van der Waals surface area contributed by atoms with Gasteiger partial charge in [0.25, 0.3) is 0 Å². The van der Waals surface area contributed by atoms with E-state index in [-0.39, 0.29) is 42.6 Å². The van der Waals surface area contributed by atoms with Gasteiger partial charge in [-0.25, -0.2) is 12.7 Å². The summed E-state index contributed by atoms with van der Waals surface area (Å²) in [5.41, 5.74) is 1.63. The van der Waals surface area contributed by atoms with E-state index in [0.29, 0.717) is 16.5 Å². The maximum absolute atomic E-state index is 13.6. The Bertz CT molecular complexity index is 1340. The predicted octanol–water partition coefficient (Wildman–Crippen LogP) is 4.78. The van der Waals surface area contributed by atoms with Crippen LogP contribution in [-0.4, -0.2) is 56.1 Å². The smallest absolute Gasteiger partial charge is 0.242 e. The van der Waals surface area contributed by atoms with E-state index in [1.807, 2.05) is 30.3 Å². The third-order valence-corrected chi connectivity index (χ3v) is 8.78. The van der Waals surface area contributed by atoms with Crippen LogP contribution in [0.25, 0.3) is 0 Å². The molecule has 3 aromatic rings. The minimum Gasteiger partial charge on any atom is -0.357 e. The van der Waals surface area contributed by atoms with Crippen molar-refractivity contribution in [1.82, 2.24) is 14.5 Å². The first-order valence-corrected chi connectivity index (χ1v) is 14.3. The van der Waals surface area contributed by atoms with E-state index in [1.165, 1.54) is 35.4 Å². The number of nitrogens with one attached hydrogen (secondary N) is 1. The van der Waals surface area contributed by atoms with Crippen LogP contribution >= 0.6 is 23.2 Å². The van der Waals surface area contributed by atoms with Crippen LogP contribution in [0.2, 0.25) is 10.0 Å². The molecule has 0 aliphatic carbocycles. The molecule has 1 N–H and O–H groups in total. The molecule has 0 radical (unpaired) electrons. The van der Waals surface area contributed by atoms with Crippen LogP contribution in [-0.2, 0) is 32.6 Å². The largest absolute Gasteiger partial charge is 0.357 e. The zero-order valence-electron chi connectivity index (χ0n) is 21.3. The molecule has 0 bridgehead atoms. The molecule has 38 heavy (non-hydrogen) atoms. The first-order valence-electron chi connectivity index (χ1n) is 12.1. The average Bonchev–Trinajstić information content (AvgIpc) is 2.93. The molecule has 7 nitrogen and oxygen atoms in total. The van der Waals surface area contributed by atoms with E-state index in [1.54, 1.807) is 36.4 Å². The van der Waals surface area contributed by atoms with Gasteiger partial charge in [-0.3, -0.25) is 9.59 Å². The van der Waals surface area contributed by atoms with Crippen LogP contribution < -0.4 is 5.32 Å². The summed E-state index contributed by atoms with van der Waals surface area (Å²) < 4.78 is 26.9. The SMILES string of the molecule is CNC(=O)[C@@H](Cc1ccccc1)N(Cc1ccc(Cl)c(Cl)c1)C(=O)CCCN(C)S(=O)(=O)c1ccccc1. The van der Waals surface area contributed by atoms with Gasteiger partial charge in [-0.1, -0.05) is 77.8 Å². The lowest BCUT2D eigenvalue weighted by Gasteiger charge is -2.31. The average molecular weight is 577 g/mol. The Labute approximate surface area is 234 Å². The Morgan fingerprint density at radius 2 is 1.53 bits per heavy atom. The van der Waals surface area contributed by atoms with Gasteiger partial charge in [-0.15, -0.1) is 0 Å². The molecule has 10 heteroatoms.